The van der Waals surface area contributed by atoms with Gasteiger partial charge in [-0.25, -0.2) is 4.79 Å². The van der Waals surface area contributed by atoms with E-state index in [-0.39, 0.29) is 47.1 Å². The Morgan fingerprint density at radius 2 is 2.00 bits per heavy atom. The van der Waals surface area contributed by atoms with Crippen LogP contribution >= 0.6 is 23.5 Å². The molecule has 1 heterocycles. The summed E-state index contributed by atoms with van der Waals surface area (Å²) < 4.78 is 5.00. The molecule has 0 atom stereocenters. The van der Waals surface area contributed by atoms with E-state index in [4.69, 9.17) is 4.74 Å². The number of hydrogen-bond donors (Lipinski definition) is 1. The average Bonchev–Trinajstić information content (AvgIpc) is 2.96. The highest BCUT2D eigenvalue weighted by molar-refractivity contribution is 8.14. The molecule has 0 spiro atoms. The number of Topliss-reactive ketones (excluding diaryl/α,β-unsaturated/α-hetero) is 1. The van der Waals surface area contributed by atoms with Crippen LogP contribution in [-0.4, -0.2) is 64.9 Å². The van der Waals surface area contributed by atoms with E-state index in [1.807, 2.05) is 0 Å². The van der Waals surface area contributed by atoms with Gasteiger partial charge >= 0.3 is 5.97 Å². The summed E-state index contributed by atoms with van der Waals surface area (Å²) in [5.74, 6) is -1.16. The van der Waals surface area contributed by atoms with Gasteiger partial charge in [0.2, 0.25) is 5.91 Å². The van der Waals surface area contributed by atoms with Crippen LogP contribution in [0.25, 0.3) is 0 Å². The van der Waals surface area contributed by atoms with Crippen molar-refractivity contribution in [1.29, 1.82) is 0 Å². The van der Waals surface area contributed by atoms with E-state index in [0.29, 0.717) is 4.90 Å². The van der Waals surface area contributed by atoms with Gasteiger partial charge in [0.25, 0.3) is 11.1 Å². The Morgan fingerprint density at radius 3 is 2.67 bits per heavy atom. The molecule has 8 nitrogen and oxygen atoms in total. The van der Waals surface area contributed by atoms with Crippen LogP contribution < -0.4 is 5.32 Å². The van der Waals surface area contributed by atoms with Gasteiger partial charge in [-0.05, 0) is 19.1 Å². The molecule has 1 aromatic carbocycles. The van der Waals surface area contributed by atoms with Crippen molar-refractivity contribution in [3.8, 4) is 0 Å². The first kappa shape index (κ1) is 21.0. The quantitative estimate of drug-likeness (QED) is 0.480. The summed E-state index contributed by atoms with van der Waals surface area (Å²) in [6, 6.07) is 6.67. The van der Waals surface area contributed by atoms with Crippen LogP contribution in [0.2, 0.25) is 0 Å². The van der Waals surface area contributed by atoms with Crippen LogP contribution in [0.15, 0.2) is 29.2 Å². The molecule has 27 heavy (non-hydrogen) atoms. The minimum atomic E-state index is -0.668. The van der Waals surface area contributed by atoms with E-state index < -0.39 is 18.5 Å². The Bertz CT molecular complexity index is 752. The predicted octanol–water partition coefficient (Wildman–Crippen LogP) is 1.34. The van der Waals surface area contributed by atoms with Crippen molar-refractivity contribution in [2.45, 2.75) is 11.8 Å². The molecule has 0 aromatic heterocycles. The zero-order chi connectivity index (χ0) is 19.8. The molecule has 10 heteroatoms. The van der Waals surface area contributed by atoms with Crippen LogP contribution in [0.4, 0.5) is 4.79 Å². The van der Waals surface area contributed by atoms with Crippen LogP contribution in [0.5, 0.6) is 0 Å². The van der Waals surface area contributed by atoms with Crippen molar-refractivity contribution in [3.63, 3.8) is 0 Å². The summed E-state index contributed by atoms with van der Waals surface area (Å²) in [6.07, 6.45) is 0. The van der Waals surface area contributed by atoms with Gasteiger partial charge in [0, 0.05) is 18.0 Å². The molecule has 1 N–H and O–H groups in total. The maximum atomic E-state index is 12.2. The molecule has 2 rings (SSSR count). The van der Waals surface area contributed by atoms with Crippen molar-refractivity contribution >= 4 is 52.3 Å². The number of imide groups is 1. The molecule has 1 saturated heterocycles. The van der Waals surface area contributed by atoms with E-state index in [1.54, 1.807) is 24.3 Å². The Balaban J connectivity index is 1.78. The number of hydrogen-bond acceptors (Lipinski definition) is 8. The molecular formula is C17H18N2O6S2. The zero-order valence-corrected chi connectivity index (χ0v) is 16.2. The van der Waals surface area contributed by atoms with Gasteiger partial charge in [-0.3, -0.25) is 24.1 Å². The van der Waals surface area contributed by atoms with Gasteiger partial charge < -0.3 is 10.1 Å². The molecule has 1 aliphatic heterocycles. The lowest BCUT2D eigenvalue weighted by Gasteiger charge is -2.13. The number of nitrogens with zero attached hydrogens (tertiary/aromatic N) is 1. The Morgan fingerprint density at radius 1 is 1.26 bits per heavy atom. The second kappa shape index (κ2) is 10.1. The molecule has 0 bridgehead atoms. The Labute approximate surface area is 164 Å². The molecule has 144 valence electrons. The van der Waals surface area contributed by atoms with Crippen molar-refractivity contribution in [2.24, 2.45) is 0 Å². The monoisotopic (exact) mass is 410 g/mol. The SMILES string of the molecule is CC(=O)CSc1ccccc1C(=O)OCC(=O)NCCN1C(=O)CSC1=O. The van der Waals surface area contributed by atoms with E-state index in [0.717, 1.165) is 16.7 Å². The highest BCUT2D eigenvalue weighted by Crippen LogP contribution is 2.23. The number of carbonyl (C=O) groups is 5. The predicted molar refractivity (Wildman–Crippen MR) is 101 cm³/mol. The summed E-state index contributed by atoms with van der Waals surface area (Å²) in [4.78, 5) is 59.6. The summed E-state index contributed by atoms with van der Waals surface area (Å²) >= 11 is 2.15. The van der Waals surface area contributed by atoms with Crippen molar-refractivity contribution in [1.82, 2.24) is 10.2 Å². The normalized spacial score (nSPS) is 13.6. The minimum absolute atomic E-state index is 0.0177. The van der Waals surface area contributed by atoms with E-state index in [2.05, 4.69) is 5.32 Å². The highest BCUT2D eigenvalue weighted by Gasteiger charge is 2.29. The maximum Gasteiger partial charge on any atom is 0.339 e. The van der Waals surface area contributed by atoms with Crippen LogP contribution in [0, 0.1) is 0 Å². The third-order valence-electron chi connectivity index (χ3n) is 3.37. The van der Waals surface area contributed by atoms with Crippen LogP contribution in [0.3, 0.4) is 0 Å². The minimum Gasteiger partial charge on any atom is -0.452 e. The number of ketones is 1. The number of carbonyl (C=O) groups excluding carboxylic acids is 5. The van der Waals surface area contributed by atoms with E-state index in [9.17, 15) is 24.0 Å². The second-order valence-electron chi connectivity index (χ2n) is 5.51. The lowest BCUT2D eigenvalue weighted by atomic mass is 10.2. The van der Waals surface area contributed by atoms with Gasteiger partial charge in [-0.1, -0.05) is 23.9 Å². The molecule has 1 fully saturated rings. The fraction of sp³-hybridized carbons (Fsp3) is 0.353. The van der Waals surface area contributed by atoms with Crippen LogP contribution in [-0.2, 0) is 19.1 Å². The number of rotatable bonds is 9. The fourth-order valence-corrected chi connectivity index (χ4v) is 3.70. The number of esters is 1. The molecule has 0 unspecified atom stereocenters. The van der Waals surface area contributed by atoms with Gasteiger partial charge in [-0.15, -0.1) is 11.8 Å². The first-order chi connectivity index (χ1) is 12.9. The van der Waals surface area contributed by atoms with Gasteiger partial charge in [0.15, 0.2) is 6.61 Å². The lowest BCUT2D eigenvalue weighted by molar-refractivity contribution is -0.126. The molecule has 0 aliphatic carbocycles. The average molecular weight is 410 g/mol. The standard InChI is InChI=1S/C17H18N2O6S2/c1-11(20)9-26-13-5-3-2-4-12(13)16(23)25-8-14(21)18-6-7-19-15(22)10-27-17(19)24/h2-5H,6-10H2,1H3,(H,18,21). The van der Waals surface area contributed by atoms with Gasteiger partial charge in [0.05, 0.1) is 17.1 Å². The molecule has 1 aliphatic rings. The zero-order valence-electron chi connectivity index (χ0n) is 14.6. The first-order valence-corrected chi connectivity index (χ1v) is 9.98. The lowest BCUT2D eigenvalue weighted by Crippen LogP contribution is -2.38. The number of benzene rings is 1. The molecule has 3 amide bonds. The summed E-state index contributed by atoms with van der Waals surface area (Å²) in [5.41, 5.74) is 0.279. The van der Waals surface area contributed by atoms with E-state index >= 15 is 0 Å². The first-order valence-electron chi connectivity index (χ1n) is 8.00. The largest absolute Gasteiger partial charge is 0.452 e. The van der Waals surface area contributed by atoms with Gasteiger partial charge in [-0.2, -0.15) is 0 Å². The maximum absolute atomic E-state index is 12.2. The van der Waals surface area contributed by atoms with Crippen molar-refractivity contribution in [3.05, 3.63) is 29.8 Å². The summed E-state index contributed by atoms with van der Waals surface area (Å²) in [6.45, 7) is 1.13. The third-order valence-corrected chi connectivity index (χ3v) is 5.45. The van der Waals surface area contributed by atoms with Gasteiger partial charge in [0.1, 0.15) is 5.78 Å². The number of nitrogens with one attached hydrogen (secondary N) is 1. The highest BCUT2D eigenvalue weighted by atomic mass is 32.2. The molecular weight excluding hydrogens is 392 g/mol. The van der Waals surface area contributed by atoms with Crippen molar-refractivity contribution in [2.75, 3.05) is 31.2 Å². The molecule has 0 saturated carbocycles. The van der Waals surface area contributed by atoms with Crippen LogP contribution in [0.1, 0.15) is 17.3 Å². The number of thioether (sulfide) groups is 2. The second-order valence-corrected chi connectivity index (χ2v) is 7.46. The third kappa shape index (κ3) is 6.40. The van der Waals surface area contributed by atoms with Crippen molar-refractivity contribution < 1.29 is 28.7 Å². The smallest absolute Gasteiger partial charge is 0.339 e. The fourth-order valence-electron chi connectivity index (χ4n) is 2.10. The summed E-state index contributed by atoms with van der Waals surface area (Å²) in [7, 11) is 0. The molecule has 1 aromatic rings. The molecule has 0 radical (unpaired) electrons. The Kier molecular flexibility index (Phi) is 7.86. The summed E-state index contributed by atoms with van der Waals surface area (Å²) in [5, 5.41) is 2.16. The Hall–Kier alpha value is -2.33. The topological polar surface area (TPSA) is 110 Å². The van der Waals surface area contributed by atoms with E-state index in [1.165, 1.54) is 18.7 Å². The number of ether oxygens (including phenoxy) is 1. The number of amides is 3.